The molecule has 0 radical (unpaired) electrons. The minimum atomic E-state index is 0.859. The van der Waals surface area contributed by atoms with Gasteiger partial charge in [0.1, 0.15) is 11.5 Å². The summed E-state index contributed by atoms with van der Waals surface area (Å²) in [6.45, 7) is 0. The molecule has 3 aromatic rings. The SMILES string of the molecule is c1ccc(Oc2ccc(Cc3cncs3)cc2)cc1. The van der Waals surface area contributed by atoms with Crippen LogP contribution < -0.4 is 4.74 Å². The molecule has 3 rings (SSSR count). The van der Waals surface area contributed by atoms with Gasteiger partial charge in [0.2, 0.25) is 0 Å². The van der Waals surface area contributed by atoms with Crippen LogP contribution >= 0.6 is 11.3 Å². The number of hydrogen-bond donors (Lipinski definition) is 0. The molecule has 1 heterocycles. The number of aromatic nitrogens is 1. The molecule has 0 fully saturated rings. The molecule has 0 saturated heterocycles. The Morgan fingerprint density at radius 3 is 2.32 bits per heavy atom. The van der Waals surface area contributed by atoms with Crippen LogP contribution in [-0.4, -0.2) is 4.98 Å². The Bertz CT molecular complexity index is 618. The third-order valence-electron chi connectivity index (χ3n) is 2.76. The molecule has 1 aromatic heterocycles. The third kappa shape index (κ3) is 3.20. The van der Waals surface area contributed by atoms with Gasteiger partial charge >= 0.3 is 0 Å². The van der Waals surface area contributed by atoms with Gasteiger partial charge in [-0.25, -0.2) is 0 Å². The zero-order valence-corrected chi connectivity index (χ0v) is 11.1. The molecule has 0 amide bonds. The fraction of sp³-hybridized carbons (Fsp3) is 0.0625. The summed E-state index contributed by atoms with van der Waals surface area (Å²) in [6.07, 6.45) is 2.84. The smallest absolute Gasteiger partial charge is 0.127 e. The Morgan fingerprint density at radius 2 is 1.63 bits per heavy atom. The van der Waals surface area contributed by atoms with Gasteiger partial charge in [-0.05, 0) is 29.8 Å². The van der Waals surface area contributed by atoms with Gasteiger partial charge in [0.25, 0.3) is 0 Å². The minimum absolute atomic E-state index is 0.859. The molecule has 0 spiro atoms. The van der Waals surface area contributed by atoms with Gasteiger partial charge in [-0.2, -0.15) is 0 Å². The fourth-order valence-electron chi connectivity index (χ4n) is 1.83. The Hall–Kier alpha value is -2.13. The van der Waals surface area contributed by atoms with Gasteiger partial charge in [-0.1, -0.05) is 30.3 Å². The first-order valence-electron chi connectivity index (χ1n) is 6.09. The van der Waals surface area contributed by atoms with E-state index >= 15 is 0 Å². The number of nitrogens with zero attached hydrogens (tertiary/aromatic N) is 1. The molecule has 2 aromatic carbocycles. The molecule has 0 unspecified atom stereocenters. The Kier molecular flexibility index (Phi) is 3.56. The highest BCUT2D eigenvalue weighted by molar-refractivity contribution is 7.09. The van der Waals surface area contributed by atoms with E-state index in [0.717, 1.165) is 17.9 Å². The minimum Gasteiger partial charge on any atom is -0.457 e. The van der Waals surface area contributed by atoms with Gasteiger partial charge in [0, 0.05) is 17.5 Å². The van der Waals surface area contributed by atoms with Gasteiger partial charge < -0.3 is 4.74 Å². The average molecular weight is 267 g/mol. The summed E-state index contributed by atoms with van der Waals surface area (Å²) in [6, 6.07) is 18.0. The highest BCUT2D eigenvalue weighted by Crippen LogP contribution is 2.22. The van der Waals surface area contributed by atoms with Crippen molar-refractivity contribution in [1.29, 1.82) is 0 Å². The normalized spacial score (nSPS) is 10.3. The van der Waals surface area contributed by atoms with E-state index in [1.165, 1.54) is 10.4 Å². The van der Waals surface area contributed by atoms with E-state index in [-0.39, 0.29) is 0 Å². The van der Waals surface area contributed by atoms with Crippen LogP contribution in [0.15, 0.2) is 66.3 Å². The van der Waals surface area contributed by atoms with E-state index in [1.807, 2.05) is 54.2 Å². The third-order valence-corrected chi connectivity index (χ3v) is 3.54. The second-order valence-corrected chi connectivity index (χ2v) is 5.17. The zero-order chi connectivity index (χ0) is 12.9. The first kappa shape index (κ1) is 11.9. The quantitative estimate of drug-likeness (QED) is 0.693. The lowest BCUT2D eigenvalue weighted by molar-refractivity contribution is 0.482. The molecule has 0 saturated carbocycles. The number of ether oxygens (including phenoxy) is 1. The van der Waals surface area contributed by atoms with E-state index in [4.69, 9.17) is 4.74 Å². The van der Waals surface area contributed by atoms with Crippen molar-refractivity contribution < 1.29 is 4.74 Å². The monoisotopic (exact) mass is 267 g/mol. The lowest BCUT2D eigenvalue weighted by Gasteiger charge is -2.06. The van der Waals surface area contributed by atoms with E-state index in [1.54, 1.807) is 11.3 Å². The van der Waals surface area contributed by atoms with Gasteiger partial charge in [0.15, 0.2) is 0 Å². The van der Waals surface area contributed by atoms with E-state index in [9.17, 15) is 0 Å². The molecule has 3 heteroatoms. The highest BCUT2D eigenvalue weighted by atomic mass is 32.1. The Morgan fingerprint density at radius 1 is 0.895 bits per heavy atom. The summed E-state index contributed by atoms with van der Waals surface area (Å²) in [7, 11) is 0. The predicted octanol–water partition coefficient (Wildman–Crippen LogP) is 4.53. The summed E-state index contributed by atoms with van der Waals surface area (Å²) in [5.74, 6) is 1.72. The summed E-state index contributed by atoms with van der Waals surface area (Å²) in [5, 5.41) is 0. The largest absolute Gasteiger partial charge is 0.457 e. The highest BCUT2D eigenvalue weighted by Gasteiger charge is 2.00. The molecule has 19 heavy (non-hydrogen) atoms. The topological polar surface area (TPSA) is 22.1 Å². The van der Waals surface area contributed by atoms with Crippen LogP contribution in [0.4, 0.5) is 0 Å². The van der Waals surface area contributed by atoms with Crippen molar-refractivity contribution in [2.45, 2.75) is 6.42 Å². The van der Waals surface area contributed by atoms with E-state index < -0.39 is 0 Å². The zero-order valence-electron chi connectivity index (χ0n) is 10.3. The second kappa shape index (κ2) is 5.67. The van der Waals surface area contributed by atoms with Crippen LogP contribution in [-0.2, 0) is 6.42 Å². The van der Waals surface area contributed by atoms with Crippen LogP contribution in [0, 0.1) is 0 Å². The number of benzene rings is 2. The Labute approximate surface area is 116 Å². The lowest BCUT2D eigenvalue weighted by atomic mass is 10.1. The number of hydrogen-bond acceptors (Lipinski definition) is 3. The molecule has 0 aliphatic heterocycles. The van der Waals surface area contributed by atoms with Gasteiger partial charge in [-0.3, -0.25) is 4.98 Å². The predicted molar refractivity (Wildman–Crippen MR) is 77.9 cm³/mol. The first-order chi connectivity index (χ1) is 9.40. The first-order valence-corrected chi connectivity index (χ1v) is 6.97. The summed E-state index contributed by atoms with van der Waals surface area (Å²) >= 11 is 1.68. The molecule has 0 bridgehead atoms. The number of para-hydroxylation sites is 1. The molecule has 94 valence electrons. The van der Waals surface area contributed by atoms with Crippen molar-refractivity contribution in [1.82, 2.24) is 4.98 Å². The molecule has 0 aliphatic rings. The average Bonchev–Trinajstić information content (AvgIpc) is 2.95. The van der Waals surface area contributed by atoms with Gasteiger partial charge in [0.05, 0.1) is 5.51 Å². The summed E-state index contributed by atoms with van der Waals surface area (Å²) in [4.78, 5) is 5.36. The molecular formula is C16H13NOS. The van der Waals surface area contributed by atoms with Crippen molar-refractivity contribution in [3.8, 4) is 11.5 Å². The maximum atomic E-state index is 5.76. The van der Waals surface area contributed by atoms with Crippen LogP contribution in [0.2, 0.25) is 0 Å². The van der Waals surface area contributed by atoms with Crippen molar-refractivity contribution in [2.24, 2.45) is 0 Å². The van der Waals surface area contributed by atoms with Crippen LogP contribution in [0.3, 0.4) is 0 Å². The van der Waals surface area contributed by atoms with Crippen molar-refractivity contribution in [3.63, 3.8) is 0 Å². The van der Waals surface area contributed by atoms with Crippen molar-refractivity contribution in [3.05, 3.63) is 76.7 Å². The van der Waals surface area contributed by atoms with Crippen molar-refractivity contribution in [2.75, 3.05) is 0 Å². The molecular weight excluding hydrogens is 254 g/mol. The van der Waals surface area contributed by atoms with Crippen molar-refractivity contribution >= 4 is 11.3 Å². The summed E-state index contributed by atoms with van der Waals surface area (Å²) in [5.41, 5.74) is 3.13. The van der Waals surface area contributed by atoms with Crippen LogP contribution in [0.1, 0.15) is 10.4 Å². The number of rotatable bonds is 4. The molecule has 2 nitrogen and oxygen atoms in total. The molecule has 0 atom stereocenters. The van der Waals surface area contributed by atoms with Gasteiger partial charge in [-0.15, -0.1) is 11.3 Å². The maximum Gasteiger partial charge on any atom is 0.127 e. The standard InChI is InChI=1S/C16H13NOS/c1-2-4-14(5-3-1)18-15-8-6-13(7-9-15)10-16-11-17-12-19-16/h1-9,11-12H,10H2. The molecule has 0 aliphatic carbocycles. The maximum absolute atomic E-state index is 5.76. The summed E-state index contributed by atoms with van der Waals surface area (Å²) < 4.78 is 5.76. The van der Waals surface area contributed by atoms with E-state index in [2.05, 4.69) is 17.1 Å². The van der Waals surface area contributed by atoms with E-state index in [0.29, 0.717) is 0 Å². The molecule has 0 N–H and O–H groups in total. The van der Waals surface area contributed by atoms with Crippen LogP contribution in [0.5, 0.6) is 11.5 Å². The van der Waals surface area contributed by atoms with Crippen LogP contribution in [0.25, 0.3) is 0 Å². The second-order valence-electron chi connectivity index (χ2n) is 4.20. The number of thiazole rings is 1. The fourth-order valence-corrected chi connectivity index (χ4v) is 2.46. The Balaban J connectivity index is 1.69. The lowest BCUT2D eigenvalue weighted by Crippen LogP contribution is -1.87.